The molecule has 1 atom stereocenters. The molecule has 0 aromatic heterocycles. The smallest absolute Gasteiger partial charge is 0.419 e. The number of anilines is 1. The molecule has 206 valence electrons. The lowest BCUT2D eigenvalue weighted by Gasteiger charge is -2.39. The van der Waals surface area contributed by atoms with Crippen LogP contribution in [0.1, 0.15) is 29.6 Å². The zero-order valence-electron chi connectivity index (χ0n) is 19.2. The maximum Gasteiger partial charge on any atom is 0.419 e. The predicted octanol–water partition coefficient (Wildman–Crippen LogP) is 2.69. The van der Waals surface area contributed by atoms with Crippen LogP contribution in [0.5, 0.6) is 5.75 Å². The summed E-state index contributed by atoms with van der Waals surface area (Å²) in [4.78, 5) is 13.1. The number of carbonyl (C=O) groups excluding carboxylic acids is 1. The van der Waals surface area contributed by atoms with Gasteiger partial charge in [-0.3, -0.25) is 9.52 Å². The van der Waals surface area contributed by atoms with E-state index in [0.29, 0.717) is 0 Å². The molecular formula is C21H24F5N3O6S2. The van der Waals surface area contributed by atoms with Crippen LogP contribution in [0.4, 0.5) is 27.6 Å². The highest BCUT2D eigenvalue weighted by Crippen LogP contribution is 2.60. The van der Waals surface area contributed by atoms with Gasteiger partial charge in [0.25, 0.3) is 5.91 Å². The van der Waals surface area contributed by atoms with E-state index in [0.717, 1.165) is 22.5 Å². The topological polar surface area (TPSA) is 122 Å². The van der Waals surface area contributed by atoms with Gasteiger partial charge in [-0.2, -0.15) is 34.7 Å². The van der Waals surface area contributed by atoms with Gasteiger partial charge in [0.05, 0.1) is 28.7 Å². The number of benzene rings is 1. The second-order valence-electron chi connectivity index (χ2n) is 9.49. The van der Waals surface area contributed by atoms with Gasteiger partial charge in [-0.05, 0) is 37.3 Å². The van der Waals surface area contributed by atoms with Crippen LogP contribution < -0.4 is 14.8 Å². The third-order valence-electron chi connectivity index (χ3n) is 6.89. The molecule has 3 saturated carbocycles. The fourth-order valence-corrected chi connectivity index (χ4v) is 7.71. The number of alkyl halides is 5. The van der Waals surface area contributed by atoms with Crippen LogP contribution >= 0.6 is 0 Å². The van der Waals surface area contributed by atoms with Crippen LogP contribution in [0.15, 0.2) is 30.9 Å². The Morgan fingerprint density at radius 3 is 2.30 bits per heavy atom. The average molecular weight is 574 g/mol. The van der Waals surface area contributed by atoms with E-state index < -0.39 is 78.6 Å². The van der Waals surface area contributed by atoms with Crippen LogP contribution in [0.3, 0.4) is 0 Å². The number of rotatable bonds is 8. The molecule has 1 aromatic rings. The molecule has 5 rings (SSSR count). The summed E-state index contributed by atoms with van der Waals surface area (Å²) in [5, 5.41) is 2.56. The monoisotopic (exact) mass is 573 g/mol. The number of nitrogens with one attached hydrogen (secondary N) is 2. The third kappa shape index (κ3) is 5.85. The minimum absolute atomic E-state index is 0.110. The van der Waals surface area contributed by atoms with E-state index >= 15 is 0 Å². The van der Waals surface area contributed by atoms with Crippen molar-refractivity contribution in [1.82, 2.24) is 9.62 Å². The summed E-state index contributed by atoms with van der Waals surface area (Å²) in [6.07, 6.45) is -8.13. The molecule has 1 aliphatic heterocycles. The first kappa shape index (κ1) is 27.6. The first-order valence-electron chi connectivity index (χ1n) is 11.2. The van der Waals surface area contributed by atoms with Crippen LogP contribution in [0, 0.1) is 11.8 Å². The first-order chi connectivity index (χ1) is 16.9. The Morgan fingerprint density at radius 1 is 1.14 bits per heavy atom. The molecule has 2 bridgehead atoms. The van der Waals surface area contributed by atoms with Crippen molar-refractivity contribution >= 4 is 31.6 Å². The number of sulfone groups is 1. The second kappa shape index (κ2) is 9.08. The van der Waals surface area contributed by atoms with Crippen LogP contribution in [-0.2, 0) is 20.0 Å². The highest BCUT2D eigenvalue weighted by atomic mass is 32.2. The highest BCUT2D eigenvalue weighted by molar-refractivity contribution is 7.92. The Labute approximate surface area is 210 Å². The molecular weight excluding hydrogens is 549 g/mol. The number of fused-ring (bicyclic) bond motifs is 1. The molecule has 1 unspecified atom stereocenters. The number of carbonyl (C=O) groups is 1. The quantitative estimate of drug-likeness (QED) is 0.365. The van der Waals surface area contributed by atoms with Crippen molar-refractivity contribution in [2.75, 3.05) is 29.3 Å². The van der Waals surface area contributed by atoms with Gasteiger partial charge in [-0.1, -0.05) is 6.58 Å². The van der Waals surface area contributed by atoms with Gasteiger partial charge >= 0.3 is 22.5 Å². The Hall–Kier alpha value is -2.46. The summed E-state index contributed by atoms with van der Waals surface area (Å²) < 4.78 is 124. The maximum atomic E-state index is 13.7. The molecule has 9 nitrogen and oxygen atoms in total. The molecule has 16 heteroatoms. The fourth-order valence-electron chi connectivity index (χ4n) is 5.03. The SMILES string of the molecule is C=CC(F)(F)Oc1ccc(C(=O)NC23CC(C2)C(C(F)(F)F)C3)c(NS(=O)(=O)N2CCS(=O)(=O)CC2)c1. The van der Waals surface area contributed by atoms with Crippen molar-refractivity contribution in [2.24, 2.45) is 11.8 Å². The summed E-state index contributed by atoms with van der Waals surface area (Å²) in [6, 6.07) is 2.82. The van der Waals surface area contributed by atoms with Crippen LogP contribution in [-0.4, -0.2) is 69.5 Å². The van der Waals surface area contributed by atoms with Gasteiger partial charge in [0, 0.05) is 30.8 Å². The minimum Gasteiger partial charge on any atom is -0.429 e. The molecule has 3 aliphatic carbocycles. The molecule has 1 heterocycles. The van der Waals surface area contributed by atoms with Crippen molar-refractivity contribution in [3.05, 3.63) is 36.4 Å². The van der Waals surface area contributed by atoms with Gasteiger partial charge < -0.3 is 10.1 Å². The van der Waals surface area contributed by atoms with E-state index in [-0.39, 0.29) is 44.0 Å². The zero-order valence-corrected chi connectivity index (χ0v) is 20.9. The standard InChI is InChI=1S/C21H24F5N3O6S2/c1-2-20(22,23)35-14-3-4-15(18(30)27-19-10-13(11-19)16(12-19)21(24,25)26)17(9-14)28-37(33,34)29-5-7-36(31,32)8-6-29/h2-4,9,13,16,28H,1,5-8,10-12H2,(H,27,30). The minimum atomic E-state index is -4.44. The van der Waals surface area contributed by atoms with Crippen LogP contribution in [0.2, 0.25) is 0 Å². The van der Waals surface area contributed by atoms with Crippen molar-refractivity contribution in [3.63, 3.8) is 0 Å². The Bertz CT molecular complexity index is 1300. The summed E-state index contributed by atoms with van der Waals surface area (Å²) >= 11 is 0. The first-order valence-corrected chi connectivity index (χ1v) is 14.4. The zero-order chi connectivity index (χ0) is 27.4. The Morgan fingerprint density at radius 2 is 1.76 bits per heavy atom. The number of hydrogen-bond acceptors (Lipinski definition) is 6. The molecule has 0 radical (unpaired) electrons. The van der Waals surface area contributed by atoms with Gasteiger partial charge in [0.2, 0.25) is 0 Å². The van der Waals surface area contributed by atoms with Gasteiger partial charge in [0.15, 0.2) is 9.84 Å². The molecule has 1 saturated heterocycles. The molecule has 1 aromatic carbocycles. The lowest BCUT2D eigenvalue weighted by atomic mass is 9.76. The molecule has 4 fully saturated rings. The van der Waals surface area contributed by atoms with Gasteiger partial charge in [0.1, 0.15) is 5.75 Å². The Kier molecular flexibility index (Phi) is 6.77. The molecule has 37 heavy (non-hydrogen) atoms. The van der Waals surface area contributed by atoms with Crippen molar-refractivity contribution in [3.8, 4) is 5.75 Å². The number of ether oxygens (including phenoxy) is 1. The summed E-state index contributed by atoms with van der Waals surface area (Å²) in [5.74, 6) is -4.47. The number of hydrogen-bond donors (Lipinski definition) is 2. The summed E-state index contributed by atoms with van der Waals surface area (Å²) in [6.45, 7) is 2.20. The van der Waals surface area contributed by atoms with E-state index in [1.165, 1.54) is 0 Å². The summed E-state index contributed by atoms with van der Waals surface area (Å²) in [5.41, 5.74) is -1.92. The molecule has 4 aliphatic rings. The van der Waals surface area contributed by atoms with Crippen LogP contribution in [0.25, 0.3) is 0 Å². The lowest BCUT2D eigenvalue weighted by Crippen LogP contribution is -2.52. The highest BCUT2D eigenvalue weighted by Gasteiger charge is 2.64. The number of halogens is 5. The Balaban J connectivity index is 1.59. The number of amides is 1. The predicted molar refractivity (Wildman–Crippen MR) is 122 cm³/mol. The molecule has 0 spiro atoms. The molecule has 1 amide bonds. The van der Waals surface area contributed by atoms with E-state index in [4.69, 9.17) is 0 Å². The largest absolute Gasteiger partial charge is 0.429 e. The van der Waals surface area contributed by atoms with Gasteiger partial charge in [-0.25, -0.2) is 8.42 Å². The lowest BCUT2D eigenvalue weighted by molar-refractivity contribution is -0.180. The fraction of sp³-hybridized carbons (Fsp3) is 0.571. The van der Waals surface area contributed by atoms with E-state index in [9.17, 15) is 43.6 Å². The maximum absolute atomic E-state index is 13.7. The molecule has 2 N–H and O–H groups in total. The van der Waals surface area contributed by atoms with E-state index in [2.05, 4.69) is 21.4 Å². The van der Waals surface area contributed by atoms with Crippen molar-refractivity contribution in [1.29, 1.82) is 0 Å². The third-order valence-corrected chi connectivity index (χ3v) is 10.0. The van der Waals surface area contributed by atoms with Gasteiger partial charge in [-0.15, -0.1) is 0 Å². The van der Waals surface area contributed by atoms with E-state index in [1.54, 1.807) is 0 Å². The second-order valence-corrected chi connectivity index (χ2v) is 13.5. The van der Waals surface area contributed by atoms with E-state index in [1.807, 2.05) is 0 Å². The van der Waals surface area contributed by atoms with Crippen molar-refractivity contribution in [2.45, 2.75) is 37.1 Å². The number of nitrogens with zero attached hydrogens (tertiary/aromatic N) is 1. The average Bonchev–Trinajstić information content (AvgIpc) is 3.29. The van der Waals surface area contributed by atoms with Crippen molar-refractivity contribution < 1.29 is 48.3 Å². The summed E-state index contributed by atoms with van der Waals surface area (Å²) in [7, 11) is -7.86. The normalized spacial score (nSPS) is 27.7.